The van der Waals surface area contributed by atoms with Gasteiger partial charge in [0.25, 0.3) is 0 Å². The highest BCUT2D eigenvalue weighted by Gasteiger charge is 2.52. The minimum atomic E-state index is 0.536. The van der Waals surface area contributed by atoms with Crippen molar-refractivity contribution in [2.45, 2.75) is 52.0 Å². The molecule has 0 N–H and O–H groups in total. The van der Waals surface area contributed by atoms with Crippen molar-refractivity contribution >= 4 is 0 Å². The molecular weight excluding hydrogens is 158 g/mol. The van der Waals surface area contributed by atoms with Crippen LogP contribution in [0.4, 0.5) is 0 Å². The fraction of sp³-hybridized carbons (Fsp3) is 1.00. The number of nitrogens with zero attached hydrogens (tertiary/aromatic N) is 1. The molecule has 0 atom stereocenters. The summed E-state index contributed by atoms with van der Waals surface area (Å²) >= 11 is 0. The van der Waals surface area contributed by atoms with Gasteiger partial charge in [-0.15, -0.1) is 0 Å². The monoisotopic (exact) mass is 181 g/mol. The summed E-state index contributed by atoms with van der Waals surface area (Å²) in [6.45, 7) is 8.50. The van der Waals surface area contributed by atoms with Crippen LogP contribution >= 0.6 is 0 Å². The Morgan fingerprint density at radius 2 is 1.85 bits per heavy atom. The van der Waals surface area contributed by atoms with E-state index in [1.807, 2.05) is 0 Å². The molecule has 1 spiro atoms. The summed E-state index contributed by atoms with van der Waals surface area (Å²) in [6.07, 6.45) is 5.78. The molecule has 13 heavy (non-hydrogen) atoms. The second-order valence-corrected chi connectivity index (χ2v) is 6.22. The van der Waals surface area contributed by atoms with E-state index in [-0.39, 0.29) is 0 Å². The Kier molecular flexibility index (Phi) is 1.99. The van der Waals surface area contributed by atoms with Crippen LogP contribution in [0.3, 0.4) is 0 Å². The molecule has 1 heteroatoms. The van der Waals surface area contributed by atoms with Gasteiger partial charge in [-0.05, 0) is 50.6 Å². The molecule has 1 aliphatic carbocycles. The van der Waals surface area contributed by atoms with Gasteiger partial charge >= 0.3 is 0 Å². The zero-order valence-corrected chi connectivity index (χ0v) is 9.56. The van der Waals surface area contributed by atoms with Crippen molar-refractivity contribution in [3.05, 3.63) is 0 Å². The van der Waals surface area contributed by atoms with Gasteiger partial charge in [0.15, 0.2) is 0 Å². The molecular formula is C12H23N. The Labute approximate surface area is 82.5 Å². The third-order valence-corrected chi connectivity index (χ3v) is 4.42. The van der Waals surface area contributed by atoms with Crippen LogP contribution in [0.15, 0.2) is 0 Å². The molecule has 2 fully saturated rings. The molecule has 1 heterocycles. The van der Waals surface area contributed by atoms with E-state index in [1.165, 1.54) is 32.2 Å². The second-order valence-electron chi connectivity index (χ2n) is 6.22. The van der Waals surface area contributed by atoms with Gasteiger partial charge in [0.05, 0.1) is 0 Å². The van der Waals surface area contributed by atoms with Gasteiger partial charge in [0, 0.05) is 5.54 Å². The summed E-state index contributed by atoms with van der Waals surface area (Å²) in [5.74, 6) is 0.966. The van der Waals surface area contributed by atoms with E-state index >= 15 is 0 Å². The highest BCUT2D eigenvalue weighted by Crippen LogP contribution is 2.54. The first-order valence-electron chi connectivity index (χ1n) is 5.65. The summed E-state index contributed by atoms with van der Waals surface area (Å²) in [7, 11) is 2.31. The highest BCUT2D eigenvalue weighted by molar-refractivity contribution is 5.07. The lowest BCUT2D eigenvalue weighted by molar-refractivity contribution is -0.0277. The van der Waals surface area contributed by atoms with E-state index in [4.69, 9.17) is 0 Å². The lowest BCUT2D eigenvalue weighted by Crippen LogP contribution is -2.55. The van der Waals surface area contributed by atoms with Crippen molar-refractivity contribution in [2.24, 2.45) is 11.3 Å². The Morgan fingerprint density at radius 3 is 2.23 bits per heavy atom. The van der Waals surface area contributed by atoms with Crippen LogP contribution in [0.5, 0.6) is 0 Å². The maximum atomic E-state index is 2.61. The molecule has 1 aliphatic heterocycles. The Hall–Kier alpha value is -0.0400. The molecule has 1 saturated carbocycles. The van der Waals surface area contributed by atoms with Crippen molar-refractivity contribution in [1.29, 1.82) is 0 Å². The summed E-state index contributed by atoms with van der Waals surface area (Å²) in [6, 6.07) is 0. The topological polar surface area (TPSA) is 3.24 Å². The van der Waals surface area contributed by atoms with E-state index in [0.29, 0.717) is 11.0 Å². The maximum absolute atomic E-state index is 2.61. The summed E-state index contributed by atoms with van der Waals surface area (Å²) < 4.78 is 0. The molecule has 0 amide bonds. The van der Waals surface area contributed by atoms with E-state index in [1.54, 1.807) is 0 Å². The highest BCUT2D eigenvalue weighted by atomic mass is 15.2. The van der Waals surface area contributed by atoms with Crippen LogP contribution in [-0.4, -0.2) is 24.0 Å². The van der Waals surface area contributed by atoms with Gasteiger partial charge in [-0.2, -0.15) is 0 Å². The fourth-order valence-electron chi connectivity index (χ4n) is 3.06. The molecule has 0 aromatic rings. The van der Waals surface area contributed by atoms with Crippen LogP contribution in [0.1, 0.15) is 46.5 Å². The number of rotatable bonds is 0. The number of likely N-dealkylation sites (tertiary alicyclic amines) is 1. The number of hydrogen-bond donors (Lipinski definition) is 0. The molecule has 0 radical (unpaired) electrons. The molecule has 2 rings (SSSR count). The van der Waals surface area contributed by atoms with Crippen LogP contribution in [0.2, 0.25) is 0 Å². The molecule has 0 aromatic carbocycles. The van der Waals surface area contributed by atoms with E-state index < -0.39 is 0 Å². The predicted molar refractivity (Wildman–Crippen MR) is 56.8 cm³/mol. The van der Waals surface area contributed by atoms with Gasteiger partial charge in [0.2, 0.25) is 0 Å². The van der Waals surface area contributed by atoms with Gasteiger partial charge in [-0.25, -0.2) is 0 Å². The maximum Gasteiger partial charge on any atom is 0.0212 e. The predicted octanol–water partition coefficient (Wildman–Crippen LogP) is 2.91. The van der Waals surface area contributed by atoms with Gasteiger partial charge in [-0.1, -0.05) is 20.8 Å². The average Bonchev–Trinajstić information content (AvgIpc) is 2.24. The van der Waals surface area contributed by atoms with E-state index in [2.05, 4.69) is 32.7 Å². The molecule has 1 saturated heterocycles. The Bertz CT molecular complexity index is 196. The molecule has 0 unspecified atom stereocenters. The minimum Gasteiger partial charge on any atom is -0.301 e. The summed E-state index contributed by atoms with van der Waals surface area (Å²) in [4.78, 5) is 2.61. The first-order chi connectivity index (χ1) is 5.94. The van der Waals surface area contributed by atoms with Crippen molar-refractivity contribution in [3.8, 4) is 0 Å². The van der Waals surface area contributed by atoms with E-state index in [9.17, 15) is 0 Å². The van der Waals surface area contributed by atoms with Crippen LogP contribution in [0.25, 0.3) is 0 Å². The minimum absolute atomic E-state index is 0.536. The lowest BCUT2D eigenvalue weighted by Gasteiger charge is -2.54. The Morgan fingerprint density at radius 1 is 1.23 bits per heavy atom. The fourth-order valence-corrected chi connectivity index (χ4v) is 3.06. The normalized spacial score (nSPS) is 41.1. The van der Waals surface area contributed by atoms with Crippen molar-refractivity contribution in [3.63, 3.8) is 0 Å². The molecule has 76 valence electrons. The van der Waals surface area contributed by atoms with Crippen LogP contribution in [-0.2, 0) is 0 Å². The first kappa shape index (κ1) is 9.51. The summed E-state index contributed by atoms with van der Waals surface area (Å²) in [5, 5.41) is 0. The van der Waals surface area contributed by atoms with E-state index in [0.717, 1.165) is 5.92 Å². The number of hydrogen-bond acceptors (Lipinski definition) is 1. The van der Waals surface area contributed by atoms with Crippen LogP contribution < -0.4 is 0 Å². The first-order valence-corrected chi connectivity index (χ1v) is 5.65. The zero-order chi connectivity index (χ0) is 9.69. The standard InChI is InChI=1S/C12H23N/c1-11(2,3)10-8-12(9-10)6-5-7-13(12)4/h10H,5-9H2,1-4H3. The van der Waals surface area contributed by atoms with Gasteiger partial charge < -0.3 is 4.90 Å². The lowest BCUT2D eigenvalue weighted by atomic mass is 9.58. The second kappa shape index (κ2) is 2.73. The van der Waals surface area contributed by atoms with Gasteiger partial charge in [-0.3, -0.25) is 0 Å². The molecule has 0 bridgehead atoms. The third kappa shape index (κ3) is 1.41. The van der Waals surface area contributed by atoms with Gasteiger partial charge in [0.1, 0.15) is 0 Å². The SMILES string of the molecule is CN1CCCC12CC(C(C)(C)C)C2. The summed E-state index contributed by atoms with van der Waals surface area (Å²) in [5.41, 5.74) is 1.17. The smallest absolute Gasteiger partial charge is 0.0212 e. The quantitative estimate of drug-likeness (QED) is 0.555. The zero-order valence-electron chi connectivity index (χ0n) is 9.56. The Balaban J connectivity index is 1.97. The van der Waals surface area contributed by atoms with Crippen LogP contribution in [0, 0.1) is 11.3 Å². The molecule has 0 aromatic heterocycles. The van der Waals surface area contributed by atoms with Crippen molar-refractivity contribution in [2.75, 3.05) is 13.6 Å². The average molecular weight is 181 g/mol. The molecule has 1 nitrogen and oxygen atoms in total. The largest absolute Gasteiger partial charge is 0.301 e. The van der Waals surface area contributed by atoms with Crippen molar-refractivity contribution in [1.82, 2.24) is 4.90 Å². The molecule has 2 aliphatic rings. The van der Waals surface area contributed by atoms with Crippen molar-refractivity contribution < 1.29 is 0 Å². The third-order valence-electron chi connectivity index (χ3n) is 4.42.